The normalized spacial score (nSPS) is 10.3. The zero-order valence-electron chi connectivity index (χ0n) is 8.33. The fourth-order valence-electron chi connectivity index (χ4n) is 1.27. The fraction of sp³-hybridized carbons (Fsp3) is 0.182. The molecule has 2 nitrogen and oxygen atoms in total. The van der Waals surface area contributed by atoms with Crippen molar-refractivity contribution in [3.63, 3.8) is 0 Å². The average molecular weight is 222 g/mol. The summed E-state index contributed by atoms with van der Waals surface area (Å²) in [5.41, 5.74) is 0.793. The molecular weight excluding hydrogens is 211 g/mol. The van der Waals surface area contributed by atoms with Gasteiger partial charge in [0.25, 0.3) is 0 Å². The topological polar surface area (TPSA) is 24.9 Å². The number of hydrogen-bond donors (Lipinski definition) is 1. The highest BCUT2D eigenvalue weighted by molar-refractivity contribution is 7.11. The van der Waals surface area contributed by atoms with Gasteiger partial charge < -0.3 is 5.32 Å². The van der Waals surface area contributed by atoms with E-state index in [2.05, 4.69) is 10.3 Å². The Morgan fingerprint density at radius 2 is 2.33 bits per heavy atom. The molecule has 1 heterocycles. The molecule has 0 aliphatic rings. The Morgan fingerprint density at radius 3 is 3.00 bits per heavy atom. The molecule has 1 aromatic carbocycles. The summed E-state index contributed by atoms with van der Waals surface area (Å²) in [7, 11) is 0. The number of aryl methyl sites for hydroxylation is 1. The van der Waals surface area contributed by atoms with E-state index in [1.807, 2.05) is 19.2 Å². The van der Waals surface area contributed by atoms with Crippen molar-refractivity contribution in [1.29, 1.82) is 0 Å². The summed E-state index contributed by atoms with van der Waals surface area (Å²) < 4.78 is 12.8. The molecule has 1 aromatic heterocycles. The van der Waals surface area contributed by atoms with Crippen LogP contribution in [0.3, 0.4) is 0 Å². The molecule has 0 aliphatic heterocycles. The first-order valence-corrected chi connectivity index (χ1v) is 5.46. The molecular formula is C11H11FN2S. The number of aromatic nitrogens is 1. The predicted molar refractivity (Wildman–Crippen MR) is 60.6 cm³/mol. The SMILES string of the molecule is Cc1ncc(CNc2cccc(F)c2)s1. The van der Waals surface area contributed by atoms with Crippen molar-refractivity contribution in [2.45, 2.75) is 13.5 Å². The van der Waals surface area contributed by atoms with Crippen LogP contribution in [0.25, 0.3) is 0 Å². The molecule has 0 spiro atoms. The summed E-state index contributed by atoms with van der Waals surface area (Å²) in [4.78, 5) is 5.30. The van der Waals surface area contributed by atoms with Crippen molar-refractivity contribution in [2.75, 3.05) is 5.32 Å². The van der Waals surface area contributed by atoms with E-state index in [1.165, 1.54) is 12.1 Å². The molecule has 2 rings (SSSR count). The van der Waals surface area contributed by atoms with E-state index in [0.29, 0.717) is 6.54 Å². The molecule has 2 aromatic rings. The predicted octanol–water partition coefficient (Wildman–Crippen LogP) is 3.20. The highest BCUT2D eigenvalue weighted by Crippen LogP contribution is 2.15. The van der Waals surface area contributed by atoms with Crippen molar-refractivity contribution in [1.82, 2.24) is 4.98 Å². The van der Waals surface area contributed by atoms with E-state index in [4.69, 9.17) is 0 Å². The van der Waals surface area contributed by atoms with Gasteiger partial charge >= 0.3 is 0 Å². The van der Waals surface area contributed by atoms with Gasteiger partial charge in [-0.1, -0.05) is 6.07 Å². The van der Waals surface area contributed by atoms with Gasteiger partial charge in [-0.3, -0.25) is 0 Å². The van der Waals surface area contributed by atoms with Crippen molar-refractivity contribution in [2.24, 2.45) is 0 Å². The van der Waals surface area contributed by atoms with Gasteiger partial charge in [-0.05, 0) is 25.1 Å². The first-order valence-electron chi connectivity index (χ1n) is 4.65. The molecule has 0 aliphatic carbocycles. The van der Waals surface area contributed by atoms with Crippen LogP contribution in [-0.2, 0) is 6.54 Å². The van der Waals surface area contributed by atoms with Gasteiger partial charge in [0.15, 0.2) is 0 Å². The minimum atomic E-state index is -0.222. The van der Waals surface area contributed by atoms with Crippen LogP contribution >= 0.6 is 11.3 Å². The second-order valence-corrected chi connectivity index (χ2v) is 4.53. The molecule has 1 N–H and O–H groups in total. The summed E-state index contributed by atoms with van der Waals surface area (Å²) in [5.74, 6) is -0.222. The van der Waals surface area contributed by atoms with E-state index in [9.17, 15) is 4.39 Å². The van der Waals surface area contributed by atoms with Crippen LogP contribution in [-0.4, -0.2) is 4.98 Å². The van der Waals surface area contributed by atoms with E-state index in [1.54, 1.807) is 17.4 Å². The summed E-state index contributed by atoms with van der Waals surface area (Å²) in [6.45, 7) is 2.66. The monoisotopic (exact) mass is 222 g/mol. The van der Waals surface area contributed by atoms with Gasteiger partial charge in [-0.2, -0.15) is 0 Å². The number of nitrogens with one attached hydrogen (secondary N) is 1. The van der Waals surface area contributed by atoms with Gasteiger partial charge in [-0.25, -0.2) is 9.37 Å². The molecule has 0 saturated carbocycles. The van der Waals surface area contributed by atoms with Gasteiger partial charge in [0.1, 0.15) is 5.82 Å². The largest absolute Gasteiger partial charge is 0.380 e. The first kappa shape index (κ1) is 10.1. The zero-order valence-corrected chi connectivity index (χ0v) is 9.14. The third-order valence-electron chi connectivity index (χ3n) is 1.96. The van der Waals surface area contributed by atoms with Crippen LogP contribution in [0.15, 0.2) is 30.5 Å². The average Bonchev–Trinajstić information content (AvgIpc) is 2.62. The van der Waals surface area contributed by atoms with Crippen LogP contribution in [0.4, 0.5) is 10.1 Å². The molecule has 0 atom stereocenters. The number of hydrogen-bond acceptors (Lipinski definition) is 3. The maximum Gasteiger partial charge on any atom is 0.125 e. The van der Waals surface area contributed by atoms with Gasteiger partial charge in [0.2, 0.25) is 0 Å². The number of thiazole rings is 1. The van der Waals surface area contributed by atoms with Crippen molar-refractivity contribution >= 4 is 17.0 Å². The summed E-state index contributed by atoms with van der Waals surface area (Å²) in [5, 5.41) is 4.19. The maximum absolute atomic E-state index is 12.8. The second kappa shape index (κ2) is 4.40. The number of nitrogens with zero attached hydrogens (tertiary/aromatic N) is 1. The lowest BCUT2D eigenvalue weighted by molar-refractivity contribution is 0.628. The Kier molecular flexibility index (Phi) is 2.97. The van der Waals surface area contributed by atoms with Crippen molar-refractivity contribution in [3.05, 3.63) is 46.2 Å². The Bertz CT molecular complexity index is 453. The minimum absolute atomic E-state index is 0.222. The Labute approximate surface area is 91.8 Å². The van der Waals surface area contributed by atoms with Gasteiger partial charge in [0, 0.05) is 16.8 Å². The molecule has 0 saturated heterocycles. The van der Waals surface area contributed by atoms with Crippen LogP contribution in [0.1, 0.15) is 9.88 Å². The van der Waals surface area contributed by atoms with Gasteiger partial charge in [0.05, 0.1) is 11.6 Å². The third kappa shape index (κ3) is 2.76. The number of halogens is 1. The standard InChI is InChI=1S/C11H11FN2S/c1-8-13-6-11(15-8)7-14-10-4-2-3-9(12)5-10/h2-6,14H,7H2,1H3. The number of anilines is 1. The van der Waals surface area contributed by atoms with Crippen LogP contribution in [0, 0.1) is 12.7 Å². The summed E-state index contributed by atoms with van der Waals surface area (Å²) >= 11 is 1.64. The third-order valence-corrected chi connectivity index (χ3v) is 2.87. The number of benzene rings is 1. The summed E-state index contributed by atoms with van der Waals surface area (Å²) in [6.07, 6.45) is 1.84. The smallest absolute Gasteiger partial charge is 0.125 e. The highest BCUT2D eigenvalue weighted by Gasteiger charge is 1.98. The molecule has 0 unspecified atom stereocenters. The van der Waals surface area contributed by atoms with Crippen LogP contribution in [0.5, 0.6) is 0 Å². The lowest BCUT2D eigenvalue weighted by atomic mass is 10.3. The molecule has 4 heteroatoms. The molecule has 0 bridgehead atoms. The molecule has 78 valence electrons. The Balaban J connectivity index is 1.99. The van der Waals surface area contributed by atoms with E-state index in [0.717, 1.165) is 15.6 Å². The van der Waals surface area contributed by atoms with Crippen LogP contribution in [0.2, 0.25) is 0 Å². The van der Waals surface area contributed by atoms with Crippen LogP contribution < -0.4 is 5.32 Å². The lowest BCUT2D eigenvalue weighted by Crippen LogP contribution is -1.97. The second-order valence-electron chi connectivity index (χ2n) is 3.21. The Hall–Kier alpha value is -1.42. The molecule has 0 amide bonds. The quantitative estimate of drug-likeness (QED) is 0.862. The minimum Gasteiger partial charge on any atom is -0.380 e. The molecule has 0 fully saturated rings. The van der Waals surface area contributed by atoms with Crippen molar-refractivity contribution < 1.29 is 4.39 Å². The van der Waals surface area contributed by atoms with Gasteiger partial charge in [-0.15, -0.1) is 11.3 Å². The van der Waals surface area contributed by atoms with E-state index < -0.39 is 0 Å². The molecule has 15 heavy (non-hydrogen) atoms. The van der Waals surface area contributed by atoms with Crippen molar-refractivity contribution in [3.8, 4) is 0 Å². The zero-order chi connectivity index (χ0) is 10.7. The lowest BCUT2D eigenvalue weighted by Gasteiger charge is -2.03. The number of rotatable bonds is 3. The highest BCUT2D eigenvalue weighted by atomic mass is 32.1. The first-order chi connectivity index (χ1) is 7.24. The van der Waals surface area contributed by atoms with E-state index >= 15 is 0 Å². The van der Waals surface area contributed by atoms with E-state index in [-0.39, 0.29) is 5.82 Å². The maximum atomic E-state index is 12.8. The summed E-state index contributed by atoms with van der Waals surface area (Å²) in [6, 6.07) is 6.45. The Morgan fingerprint density at radius 1 is 1.47 bits per heavy atom. The molecule has 0 radical (unpaired) electrons. The fourth-order valence-corrected chi connectivity index (χ4v) is 2.01.